The number of anilines is 1. The van der Waals surface area contributed by atoms with Gasteiger partial charge in [0.05, 0.1) is 19.1 Å². The van der Waals surface area contributed by atoms with Crippen molar-refractivity contribution in [3.63, 3.8) is 0 Å². The molecule has 4 rings (SSSR count). The van der Waals surface area contributed by atoms with E-state index >= 15 is 0 Å². The SMILES string of the molecule is N#Cc1nc(-c2ccco2)oc1N1CCC(C(=O)NCc2ccco2)CC1. The molecule has 4 heterocycles. The molecule has 27 heavy (non-hydrogen) atoms. The van der Waals surface area contributed by atoms with Crippen molar-refractivity contribution in [3.05, 3.63) is 48.2 Å². The molecule has 1 saturated heterocycles. The first-order valence-electron chi connectivity index (χ1n) is 8.74. The van der Waals surface area contributed by atoms with Crippen LogP contribution < -0.4 is 10.2 Å². The van der Waals surface area contributed by atoms with Crippen molar-refractivity contribution in [2.75, 3.05) is 18.0 Å². The maximum absolute atomic E-state index is 12.3. The predicted octanol–water partition coefficient (Wildman–Crippen LogP) is 2.93. The van der Waals surface area contributed by atoms with Crippen LogP contribution in [-0.4, -0.2) is 24.0 Å². The first kappa shape index (κ1) is 17.0. The molecule has 1 amide bonds. The molecule has 0 aliphatic carbocycles. The topological polar surface area (TPSA) is 108 Å². The molecule has 3 aromatic heterocycles. The number of amides is 1. The monoisotopic (exact) mass is 366 g/mol. The number of rotatable bonds is 5. The van der Waals surface area contributed by atoms with Crippen molar-refractivity contribution in [2.24, 2.45) is 5.92 Å². The largest absolute Gasteiger partial charge is 0.467 e. The summed E-state index contributed by atoms with van der Waals surface area (Å²) in [6, 6.07) is 9.15. The van der Waals surface area contributed by atoms with Crippen LogP contribution >= 0.6 is 0 Å². The Morgan fingerprint density at radius 3 is 2.70 bits per heavy atom. The summed E-state index contributed by atoms with van der Waals surface area (Å²) < 4.78 is 16.3. The Labute approximate surface area is 155 Å². The van der Waals surface area contributed by atoms with Gasteiger partial charge in [-0.2, -0.15) is 10.2 Å². The molecule has 1 N–H and O–H groups in total. The predicted molar refractivity (Wildman–Crippen MR) is 94.4 cm³/mol. The van der Waals surface area contributed by atoms with E-state index in [0.717, 1.165) is 5.76 Å². The summed E-state index contributed by atoms with van der Waals surface area (Å²) in [7, 11) is 0. The minimum atomic E-state index is -0.0748. The Bertz CT molecular complexity index is 929. The van der Waals surface area contributed by atoms with Crippen LogP contribution in [0.1, 0.15) is 24.3 Å². The number of carbonyl (C=O) groups is 1. The molecule has 0 unspecified atom stereocenters. The van der Waals surface area contributed by atoms with Crippen LogP contribution in [0.5, 0.6) is 0 Å². The zero-order chi connectivity index (χ0) is 18.6. The van der Waals surface area contributed by atoms with Gasteiger partial charge in [0.15, 0.2) is 5.76 Å². The molecule has 3 aromatic rings. The second-order valence-corrected chi connectivity index (χ2v) is 6.32. The van der Waals surface area contributed by atoms with E-state index in [1.165, 1.54) is 6.26 Å². The molecule has 0 aromatic carbocycles. The number of nitrogens with zero attached hydrogens (tertiary/aromatic N) is 3. The summed E-state index contributed by atoms with van der Waals surface area (Å²) in [5, 5.41) is 12.3. The van der Waals surface area contributed by atoms with Crippen molar-refractivity contribution in [2.45, 2.75) is 19.4 Å². The lowest BCUT2D eigenvalue weighted by atomic mass is 9.96. The van der Waals surface area contributed by atoms with Gasteiger partial charge in [-0.05, 0) is 37.1 Å². The number of oxazole rings is 1. The fourth-order valence-electron chi connectivity index (χ4n) is 3.18. The van der Waals surface area contributed by atoms with E-state index in [4.69, 9.17) is 13.3 Å². The number of hydrogen-bond donors (Lipinski definition) is 1. The number of nitrogens with one attached hydrogen (secondary N) is 1. The van der Waals surface area contributed by atoms with Gasteiger partial charge in [-0.15, -0.1) is 0 Å². The zero-order valence-electron chi connectivity index (χ0n) is 14.6. The van der Waals surface area contributed by atoms with Gasteiger partial charge in [-0.1, -0.05) is 0 Å². The second-order valence-electron chi connectivity index (χ2n) is 6.32. The summed E-state index contributed by atoms with van der Waals surface area (Å²) in [6.45, 7) is 1.61. The Kier molecular flexibility index (Phi) is 4.66. The van der Waals surface area contributed by atoms with E-state index in [9.17, 15) is 10.1 Å². The molecule has 1 fully saturated rings. The third kappa shape index (κ3) is 3.58. The third-order valence-corrected chi connectivity index (χ3v) is 4.62. The Morgan fingerprint density at radius 2 is 2.04 bits per heavy atom. The van der Waals surface area contributed by atoms with E-state index in [0.29, 0.717) is 44.1 Å². The third-order valence-electron chi connectivity index (χ3n) is 4.62. The first-order valence-corrected chi connectivity index (χ1v) is 8.74. The Morgan fingerprint density at radius 1 is 1.26 bits per heavy atom. The maximum Gasteiger partial charge on any atom is 0.266 e. The van der Waals surface area contributed by atoms with Crippen LogP contribution in [0.3, 0.4) is 0 Å². The molecule has 1 aliphatic rings. The number of aromatic nitrogens is 1. The summed E-state index contributed by atoms with van der Waals surface area (Å²) >= 11 is 0. The lowest BCUT2D eigenvalue weighted by Gasteiger charge is -2.30. The van der Waals surface area contributed by atoms with Crippen molar-refractivity contribution in [1.82, 2.24) is 10.3 Å². The fraction of sp³-hybridized carbons (Fsp3) is 0.316. The molecule has 1 aliphatic heterocycles. The highest BCUT2D eigenvalue weighted by molar-refractivity contribution is 5.79. The van der Waals surface area contributed by atoms with Crippen LogP contribution in [0, 0.1) is 17.2 Å². The highest BCUT2D eigenvalue weighted by Gasteiger charge is 2.29. The number of hydrogen-bond acceptors (Lipinski definition) is 7. The Hall–Kier alpha value is -3.47. The summed E-state index contributed by atoms with van der Waals surface area (Å²) in [6.07, 6.45) is 4.45. The first-order chi connectivity index (χ1) is 13.2. The van der Waals surface area contributed by atoms with Crippen molar-refractivity contribution in [3.8, 4) is 17.7 Å². The van der Waals surface area contributed by atoms with Crippen LogP contribution in [0.2, 0.25) is 0 Å². The average molecular weight is 366 g/mol. The van der Waals surface area contributed by atoms with Crippen LogP contribution in [0.25, 0.3) is 11.7 Å². The molecule has 138 valence electrons. The van der Waals surface area contributed by atoms with Gasteiger partial charge in [-0.25, -0.2) is 0 Å². The molecule has 0 saturated carbocycles. The summed E-state index contributed by atoms with van der Waals surface area (Å²) in [5.74, 6) is 1.86. The quantitative estimate of drug-likeness (QED) is 0.739. The normalized spacial score (nSPS) is 14.9. The molecule has 8 heteroatoms. The standard InChI is InChI=1S/C19H18N4O4/c20-11-15-19(27-18(22-15)16-4-2-10-26-16)23-7-5-13(6-8-23)17(24)21-12-14-3-1-9-25-14/h1-4,9-10,13H,5-8,12H2,(H,21,24). The molecular weight excluding hydrogens is 348 g/mol. The number of nitriles is 1. The molecule has 0 atom stereocenters. The zero-order valence-corrected chi connectivity index (χ0v) is 14.6. The highest BCUT2D eigenvalue weighted by Crippen LogP contribution is 2.31. The minimum Gasteiger partial charge on any atom is -0.467 e. The number of piperidine rings is 1. The molecule has 0 spiro atoms. The smallest absolute Gasteiger partial charge is 0.266 e. The van der Waals surface area contributed by atoms with Crippen LogP contribution in [0.15, 0.2) is 50.0 Å². The lowest BCUT2D eigenvalue weighted by Crippen LogP contribution is -2.40. The van der Waals surface area contributed by atoms with Gasteiger partial charge in [0.2, 0.25) is 17.5 Å². The van der Waals surface area contributed by atoms with E-state index in [-0.39, 0.29) is 23.4 Å². The van der Waals surface area contributed by atoms with Gasteiger partial charge in [0.1, 0.15) is 11.8 Å². The van der Waals surface area contributed by atoms with Crippen LogP contribution in [0.4, 0.5) is 5.88 Å². The van der Waals surface area contributed by atoms with Gasteiger partial charge < -0.3 is 23.5 Å². The summed E-state index contributed by atoms with van der Waals surface area (Å²) in [5.41, 5.74) is 0.224. The molecular formula is C19H18N4O4. The highest BCUT2D eigenvalue weighted by atomic mass is 16.4. The van der Waals surface area contributed by atoms with Gasteiger partial charge in [-0.3, -0.25) is 4.79 Å². The van der Waals surface area contributed by atoms with Gasteiger partial charge in [0.25, 0.3) is 5.89 Å². The summed E-state index contributed by atoms with van der Waals surface area (Å²) in [4.78, 5) is 18.5. The van der Waals surface area contributed by atoms with Crippen molar-refractivity contribution in [1.29, 1.82) is 5.26 Å². The van der Waals surface area contributed by atoms with Crippen molar-refractivity contribution < 1.29 is 18.0 Å². The van der Waals surface area contributed by atoms with Crippen molar-refractivity contribution >= 4 is 11.8 Å². The minimum absolute atomic E-state index is 0.0143. The van der Waals surface area contributed by atoms with Gasteiger partial charge >= 0.3 is 0 Å². The lowest BCUT2D eigenvalue weighted by molar-refractivity contribution is -0.125. The van der Waals surface area contributed by atoms with Gasteiger partial charge in [0, 0.05) is 19.0 Å². The molecule has 0 radical (unpaired) electrons. The van der Waals surface area contributed by atoms with E-state index in [2.05, 4.69) is 16.4 Å². The van der Waals surface area contributed by atoms with E-state index < -0.39 is 0 Å². The van der Waals surface area contributed by atoms with Crippen LogP contribution in [-0.2, 0) is 11.3 Å². The molecule has 8 nitrogen and oxygen atoms in total. The maximum atomic E-state index is 12.3. The van der Waals surface area contributed by atoms with E-state index in [1.54, 1.807) is 24.5 Å². The Balaban J connectivity index is 1.38. The average Bonchev–Trinajstić information content (AvgIpc) is 3.47. The van der Waals surface area contributed by atoms with E-state index in [1.807, 2.05) is 11.0 Å². The number of carbonyl (C=O) groups excluding carboxylic acids is 1. The number of furan rings is 2. The second kappa shape index (κ2) is 7.41. The molecule has 0 bridgehead atoms. The fourth-order valence-corrected chi connectivity index (χ4v) is 3.18.